The van der Waals surface area contributed by atoms with Crippen molar-refractivity contribution in [2.75, 3.05) is 30.5 Å². The van der Waals surface area contributed by atoms with Crippen molar-refractivity contribution in [3.05, 3.63) is 48.8 Å². The summed E-state index contributed by atoms with van der Waals surface area (Å²) >= 11 is 0. The Morgan fingerprint density at radius 1 is 1.31 bits per heavy atom. The van der Waals surface area contributed by atoms with Gasteiger partial charge in [-0.2, -0.15) is 10.1 Å². The number of amides is 1. The summed E-state index contributed by atoms with van der Waals surface area (Å²) in [7, 11) is 1.57. The van der Waals surface area contributed by atoms with Crippen molar-refractivity contribution < 1.29 is 14.3 Å². The normalized spacial score (nSPS) is 16.1. The van der Waals surface area contributed by atoms with E-state index in [1.807, 2.05) is 43.3 Å². The van der Waals surface area contributed by atoms with Crippen molar-refractivity contribution in [2.45, 2.75) is 19.4 Å². The van der Waals surface area contributed by atoms with Crippen molar-refractivity contribution in [3.8, 4) is 22.8 Å². The molecule has 1 amide bonds. The van der Waals surface area contributed by atoms with Crippen LogP contribution in [-0.4, -0.2) is 47.4 Å². The molecule has 1 fully saturated rings. The van der Waals surface area contributed by atoms with Crippen molar-refractivity contribution in [3.63, 3.8) is 0 Å². The minimum absolute atomic E-state index is 0.0163. The Hall–Kier alpha value is -3.55. The minimum atomic E-state index is -0.312. The van der Waals surface area contributed by atoms with Crippen LogP contribution in [0.1, 0.15) is 13.3 Å². The molecule has 0 radical (unpaired) electrons. The lowest BCUT2D eigenvalue weighted by molar-refractivity contribution is -0.117. The molecule has 1 aliphatic rings. The number of methoxy groups -OCH3 is 1. The second-order valence-corrected chi connectivity index (χ2v) is 6.65. The molecular weight excluding hydrogens is 370 g/mol. The van der Waals surface area contributed by atoms with Gasteiger partial charge in [0.25, 0.3) is 5.91 Å². The number of pyridine rings is 1. The highest BCUT2D eigenvalue weighted by Gasteiger charge is 2.33. The van der Waals surface area contributed by atoms with Gasteiger partial charge in [0.1, 0.15) is 17.6 Å². The summed E-state index contributed by atoms with van der Waals surface area (Å²) in [6.07, 6.45) is 4.16. The molecule has 1 aliphatic heterocycles. The number of benzene rings is 1. The number of H-pyrrole nitrogens is 1. The average molecular weight is 393 g/mol. The second-order valence-electron chi connectivity index (χ2n) is 6.65. The molecule has 4 rings (SSSR count). The predicted octanol–water partition coefficient (Wildman–Crippen LogP) is 3.10. The molecular formula is C21H23N5O3. The summed E-state index contributed by atoms with van der Waals surface area (Å²) in [5, 5.41) is 10.1. The molecule has 1 atom stereocenters. The number of aromatic nitrogens is 3. The van der Waals surface area contributed by atoms with Crippen LogP contribution in [0.4, 0.5) is 11.5 Å². The number of rotatable bonds is 7. The number of carbonyl (C=O) groups excluding carboxylic acids is 1. The maximum atomic E-state index is 13.0. The summed E-state index contributed by atoms with van der Waals surface area (Å²) in [6.45, 7) is 3.13. The van der Waals surface area contributed by atoms with Gasteiger partial charge in [0.15, 0.2) is 0 Å². The first-order chi connectivity index (χ1) is 14.2. The van der Waals surface area contributed by atoms with Crippen LogP contribution in [0.2, 0.25) is 0 Å². The van der Waals surface area contributed by atoms with E-state index >= 15 is 0 Å². The number of anilines is 2. The largest absolute Gasteiger partial charge is 0.494 e. The lowest BCUT2D eigenvalue weighted by Gasteiger charge is -2.18. The standard InChI is InChI=1S/C21H23N5O3/c1-3-29-16-6-4-5-15(11-16)24-18-9-10-26(21(18)27)19-8-7-17(20(25-19)28-2)14-12-22-23-13-14/h4-8,11-13,18,24H,3,9-10H2,1-2H3,(H,22,23). The third kappa shape index (κ3) is 3.87. The van der Waals surface area contributed by atoms with Gasteiger partial charge in [0.2, 0.25) is 5.88 Å². The highest BCUT2D eigenvalue weighted by atomic mass is 16.5. The molecule has 1 aromatic carbocycles. The Balaban J connectivity index is 1.51. The summed E-state index contributed by atoms with van der Waals surface area (Å²) < 4.78 is 11.0. The molecule has 2 N–H and O–H groups in total. The van der Waals surface area contributed by atoms with Crippen LogP contribution < -0.4 is 19.7 Å². The Labute approximate surface area is 168 Å². The van der Waals surface area contributed by atoms with Gasteiger partial charge < -0.3 is 14.8 Å². The number of hydrogen-bond donors (Lipinski definition) is 2. The lowest BCUT2D eigenvalue weighted by atomic mass is 10.1. The molecule has 0 bridgehead atoms. The third-order valence-electron chi connectivity index (χ3n) is 4.82. The van der Waals surface area contributed by atoms with Crippen LogP contribution in [0.5, 0.6) is 11.6 Å². The van der Waals surface area contributed by atoms with Crippen LogP contribution in [0.3, 0.4) is 0 Å². The van der Waals surface area contributed by atoms with E-state index in [1.165, 1.54) is 0 Å². The zero-order valence-electron chi connectivity index (χ0n) is 16.4. The molecule has 0 aliphatic carbocycles. The van der Waals surface area contributed by atoms with Crippen LogP contribution in [-0.2, 0) is 4.79 Å². The third-order valence-corrected chi connectivity index (χ3v) is 4.82. The maximum Gasteiger partial charge on any atom is 0.250 e. The van der Waals surface area contributed by atoms with Crippen LogP contribution in [0, 0.1) is 0 Å². The van der Waals surface area contributed by atoms with Crippen molar-refractivity contribution >= 4 is 17.4 Å². The molecule has 0 spiro atoms. The summed E-state index contributed by atoms with van der Waals surface area (Å²) in [5.41, 5.74) is 2.55. The van der Waals surface area contributed by atoms with E-state index in [-0.39, 0.29) is 11.9 Å². The number of hydrogen-bond acceptors (Lipinski definition) is 6. The summed E-state index contributed by atoms with van der Waals surface area (Å²) in [5.74, 6) is 1.79. The molecule has 0 saturated carbocycles. The predicted molar refractivity (Wildman–Crippen MR) is 110 cm³/mol. The zero-order chi connectivity index (χ0) is 20.2. The molecule has 1 unspecified atom stereocenters. The molecule has 8 heteroatoms. The van der Waals surface area contributed by atoms with Crippen LogP contribution >= 0.6 is 0 Å². The number of nitrogens with zero attached hydrogens (tertiary/aromatic N) is 3. The fourth-order valence-corrected chi connectivity index (χ4v) is 3.44. The van der Waals surface area contributed by atoms with E-state index in [1.54, 1.807) is 24.4 Å². The zero-order valence-corrected chi connectivity index (χ0v) is 16.4. The SMILES string of the molecule is CCOc1cccc(NC2CCN(c3ccc(-c4cn[nH]c4)c(OC)n3)C2=O)c1. The van der Waals surface area contributed by atoms with Gasteiger partial charge in [-0.15, -0.1) is 0 Å². The first-order valence-corrected chi connectivity index (χ1v) is 9.54. The van der Waals surface area contributed by atoms with E-state index in [0.29, 0.717) is 31.3 Å². The quantitative estimate of drug-likeness (QED) is 0.641. The molecule has 8 nitrogen and oxygen atoms in total. The molecule has 2 aromatic heterocycles. The van der Waals surface area contributed by atoms with Gasteiger partial charge in [-0.1, -0.05) is 6.07 Å². The van der Waals surface area contributed by atoms with E-state index < -0.39 is 0 Å². The van der Waals surface area contributed by atoms with E-state index in [2.05, 4.69) is 20.5 Å². The molecule has 3 heterocycles. The Kier molecular flexibility index (Phi) is 5.33. The van der Waals surface area contributed by atoms with E-state index in [0.717, 1.165) is 22.6 Å². The average Bonchev–Trinajstić information content (AvgIpc) is 3.39. The number of ether oxygens (including phenoxy) is 2. The number of carbonyl (C=O) groups is 1. The highest BCUT2D eigenvalue weighted by Crippen LogP contribution is 2.31. The van der Waals surface area contributed by atoms with Crippen molar-refractivity contribution in [2.24, 2.45) is 0 Å². The highest BCUT2D eigenvalue weighted by molar-refractivity contribution is 6.00. The Morgan fingerprint density at radius 3 is 2.97 bits per heavy atom. The monoisotopic (exact) mass is 393 g/mol. The van der Waals surface area contributed by atoms with Gasteiger partial charge in [-0.3, -0.25) is 14.8 Å². The van der Waals surface area contributed by atoms with Crippen molar-refractivity contribution in [1.82, 2.24) is 15.2 Å². The minimum Gasteiger partial charge on any atom is -0.494 e. The smallest absolute Gasteiger partial charge is 0.250 e. The molecule has 29 heavy (non-hydrogen) atoms. The van der Waals surface area contributed by atoms with E-state index in [9.17, 15) is 4.79 Å². The van der Waals surface area contributed by atoms with Crippen LogP contribution in [0.15, 0.2) is 48.8 Å². The second kappa shape index (κ2) is 8.22. The first kappa shape index (κ1) is 18.8. The molecule has 3 aromatic rings. The lowest BCUT2D eigenvalue weighted by Crippen LogP contribution is -2.33. The van der Waals surface area contributed by atoms with Crippen molar-refractivity contribution in [1.29, 1.82) is 0 Å². The fourth-order valence-electron chi connectivity index (χ4n) is 3.44. The van der Waals surface area contributed by atoms with E-state index in [4.69, 9.17) is 9.47 Å². The van der Waals surface area contributed by atoms with Gasteiger partial charge in [0, 0.05) is 35.6 Å². The van der Waals surface area contributed by atoms with Gasteiger partial charge >= 0.3 is 0 Å². The summed E-state index contributed by atoms with van der Waals surface area (Å²) in [6, 6.07) is 11.1. The number of nitrogens with one attached hydrogen (secondary N) is 2. The van der Waals surface area contributed by atoms with Crippen LogP contribution in [0.25, 0.3) is 11.1 Å². The molecule has 150 valence electrons. The molecule has 1 saturated heterocycles. The van der Waals surface area contributed by atoms with Gasteiger partial charge in [-0.25, -0.2) is 0 Å². The van der Waals surface area contributed by atoms with Gasteiger partial charge in [0.05, 0.1) is 19.9 Å². The first-order valence-electron chi connectivity index (χ1n) is 9.54. The summed E-state index contributed by atoms with van der Waals surface area (Å²) in [4.78, 5) is 19.2. The van der Waals surface area contributed by atoms with Gasteiger partial charge in [-0.05, 0) is 37.6 Å². The number of aromatic amines is 1. The topological polar surface area (TPSA) is 92.4 Å². The Morgan fingerprint density at radius 2 is 2.21 bits per heavy atom. The maximum absolute atomic E-state index is 13.0. The fraction of sp³-hybridized carbons (Fsp3) is 0.286. The Bertz CT molecular complexity index is 990.